The molecule has 1 aromatic carbocycles. The molecular formula is C8H6F2O. The van der Waals surface area contributed by atoms with Crippen LogP contribution in [0, 0.1) is 5.82 Å². The molecule has 0 aliphatic rings. The summed E-state index contributed by atoms with van der Waals surface area (Å²) >= 11 is 0. The van der Waals surface area contributed by atoms with Crippen LogP contribution in [0.25, 0.3) is 0 Å². The molecule has 0 fully saturated rings. The van der Waals surface area contributed by atoms with E-state index in [1.54, 1.807) is 0 Å². The van der Waals surface area contributed by atoms with Gasteiger partial charge in [-0.1, -0.05) is 12.1 Å². The predicted molar refractivity (Wildman–Crippen MR) is 36.7 cm³/mol. The quantitative estimate of drug-likeness (QED) is 0.598. The Morgan fingerprint density at radius 2 is 2.00 bits per heavy atom. The Morgan fingerprint density at radius 1 is 1.36 bits per heavy atom. The highest BCUT2D eigenvalue weighted by Crippen LogP contribution is 2.06. The van der Waals surface area contributed by atoms with Gasteiger partial charge in [-0.2, -0.15) is 0 Å². The van der Waals surface area contributed by atoms with Gasteiger partial charge in [-0.15, -0.1) is 0 Å². The van der Waals surface area contributed by atoms with Crippen molar-refractivity contribution in [2.45, 2.75) is 0 Å². The normalized spacial score (nSPS) is 9.64. The molecule has 0 saturated heterocycles. The molecule has 58 valence electrons. The van der Waals surface area contributed by atoms with E-state index in [9.17, 15) is 13.6 Å². The molecule has 0 amide bonds. The second kappa shape index (κ2) is 3.23. The van der Waals surface area contributed by atoms with Crippen LogP contribution in [0.3, 0.4) is 0 Å². The molecule has 1 nitrogen and oxygen atoms in total. The zero-order chi connectivity index (χ0) is 8.27. The minimum Gasteiger partial charge on any atom is -0.291 e. The molecule has 0 aliphatic carbocycles. The number of Topliss-reactive ketones (excluding diaryl/α,β-unsaturated/α-hetero) is 1. The van der Waals surface area contributed by atoms with Gasteiger partial charge in [-0.25, -0.2) is 8.78 Å². The highest BCUT2D eigenvalue weighted by atomic mass is 19.1. The van der Waals surface area contributed by atoms with Crippen LogP contribution in [-0.4, -0.2) is 12.5 Å². The molecule has 0 bridgehead atoms. The Bertz CT molecular complexity index is 271. The monoisotopic (exact) mass is 156 g/mol. The maximum absolute atomic E-state index is 12.6. The fraction of sp³-hybridized carbons (Fsp3) is 0.125. The average molecular weight is 156 g/mol. The summed E-state index contributed by atoms with van der Waals surface area (Å²) in [6.45, 7) is -1.15. The molecular weight excluding hydrogens is 150 g/mol. The van der Waals surface area contributed by atoms with Crippen LogP contribution in [-0.2, 0) is 0 Å². The molecule has 0 unspecified atom stereocenters. The molecule has 0 spiro atoms. The van der Waals surface area contributed by atoms with Crippen LogP contribution >= 0.6 is 0 Å². The van der Waals surface area contributed by atoms with Crippen LogP contribution < -0.4 is 0 Å². The van der Waals surface area contributed by atoms with E-state index in [0.29, 0.717) is 0 Å². The van der Waals surface area contributed by atoms with Gasteiger partial charge in [-0.3, -0.25) is 4.79 Å². The summed E-state index contributed by atoms with van der Waals surface area (Å²) < 4.78 is 24.4. The lowest BCUT2D eigenvalue weighted by molar-refractivity contribution is 0.0954. The summed E-state index contributed by atoms with van der Waals surface area (Å²) in [5.74, 6) is -1.49. The highest BCUT2D eigenvalue weighted by molar-refractivity contribution is 5.97. The number of alkyl halides is 1. The third kappa shape index (κ3) is 1.61. The minimum atomic E-state index is -1.15. The average Bonchev–Trinajstić information content (AvgIpc) is 2.04. The van der Waals surface area contributed by atoms with E-state index in [2.05, 4.69) is 0 Å². The van der Waals surface area contributed by atoms with E-state index >= 15 is 0 Å². The number of ketones is 1. The van der Waals surface area contributed by atoms with Gasteiger partial charge < -0.3 is 0 Å². The molecule has 0 N–H and O–H groups in total. The van der Waals surface area contributed by atoms with Crippen molar-refractivity contribution in [3.05, 3.63) is 35.6 Å². The van der Waals surface area contributed by atoms with Crippen LogP contribution in [0.15, 0.2) is 24.3 Å². The van der Waals surface area contributed by atoms with Gasteiger partial charge in [0, 0.05) is 0 Å². The maximum Gasteiger partial charge on any atom is 0.196 e. The molecule has 1 rings (SSSR count). The van der Waals surface area contributed by atoms with Crippen molar-refractivity contribution in [1.82, 2.24) is 0 Å². The summed E-state index contributed by atoms with van der Waals surface area (Å²) in [7, 11) is 0. The van der Waals surface area contributed by atoms with Crippen molar-refractivity contribution in [3.63, 3.8) is 0 Å². The molecule has 3 heteroatoms. The van der Waals surface area contributed by atoms with Crippen molar-refractivity contribution in [2.24, 2.45) is 0 Å². The molecule has 0 saturated carbocycles. The fourth-order valence-electron chi connectivity index (χ4n) is 0.759. The van der Waals surface area contributed by atoms with Gasteiger partial charge >= 0.3 is 0 Å². The van der Waals surface area contributed by atoms with Crippen molar-refractivity contribution in [3.8, 4) is 0 Å². The topological polar surface area (TPSA) is 17.1 Å². The lowest BCUT2D eigenvalue weighted by Crippen LogP contribution is -2.03. The minimum absolute atomic E-state index is 0.185. The number of hydrogen-bond donors (Lipinski definition) is 0. The second-order valence-corrected chi connectivity index (χ2v) is 2.04. The predicted octanol–water partition coefficient (Wildman–Crippen LogP) is 1.98. The van der Waals surface area contributed by atoms with Crippen LogP contribution in [0.5, 0.6) is 0 Å². The number of carbonyl (C=O) groups excluding carboxylic acids is 1. The fourth-order valence-corrected chi connectivity index (χ4v) is 0.759. The van der Waals surface area contributed by atoms with Crippen molar-refractivity contribution in [1.29, 1.82) is 0 Å². The van der Waals surface area contributed by atoms with E-state index in [0.717, 1.165) is 6.07 Å². The first-order valence-corrected chi connectivity index (χ1v) is 3.09. The van der Waals surface area contributed by atoms with Crippen LogP contribution in [0.2, 0.25) is 0 Å². The van der Waals surface area contributed by atoms with E-state index < -0.39 is 18.3 Å². The van der Waals surface area contributed by atoms with Crippen molar-refractivity contribution >= 4 is 5.78 Å². The van der Waals surface area contributed by atoms with Crippen molar-refractivity contribution in [2.75, 3.05) is 6.67 Å². The Morgan fingerprint density at radius 3 is 2.55 bits per heavy atom. The maximum atomic E-state index is 12.6. The summed E-state index contributed by atoms with van der Waals surface area (Å²) in [6, 6.07) is 5.33. The first-order valence-electron chi connectivity index (χ1n) is 3.09. The number of carbonyl (C=O) groups is 1. The largest absolute Gasteiger partial charge is 0.291 e. The molecule has 0 atom stereocenters. The van der Waals surface area contributed by atoms with Crippen molar-refractivity contribution < 1.29 is 13.6 Å². The van der Waals surface area contributed by atoms with Gasteiger partial charge in [0.1, 0.15) is 5.82 Å². The van der Waals surface area contributed by atoms with Gasteiger partial charge in [0.2, 0.25) is 0 Å². The Kier molecular flexibility index (Phi) is 2.31. The lowest BCUT2D eigenvalue weighted by atomic mass is 10.1. The van der Waals surface area contributed by atoms with Crippen LogP contribution in [0.1, 0.15) is 10.4 Å². The Balaban J connectivity index is 3.03. The molecule has 0 radical (unpaired) electrons. The molecule has 0 heterocycles. The van der Waals surface area contributed by atoms with E-state index in [1.165, 1.54) is 18.2 Å². The third-order valence-corrected chi connectivity index (χ3v) is 1.30. The highest BCUT2D eigenvalue weighted by Gasteiger charge is 2.08. The second-order valence-electron chi connectivity index (χ2n) is 2.04. The molecule has 0 aromatic heterocycles. The number of hydrogen-bond acceptors (Lipinski definition) is 1. The zero-order valence-electron chi connectivity index (χ0n) is 5.68. The van der Waals surface area contributed by atoms with Gasteiger partial charge in [0.25, 0.3) is 0 Å². The number of halogens is 2. The van der Waals surface area contributed by atoms with Crippen LogP contribution in [0.4, 0.5) is 8.78 Å². The molecule has 1 aromatic rings. The lowest BCUT2D eigenvalue weighted by Gasteiger charge is -1.95. The Labute approximate surface area is 62.7 Å². The van der Waals surface area contributed by atoms with E-state index in [1.807, 2.05) is 0 Å². The number of benzene rings is 1. The van der Waals surface area contributed by atoms with Gasteiger partial charge in [0.15, 0.2) is 12.5 Å². The number of rotatable bonds is 2. The zero-order valence-corrected chi connectivity index (χ0v) is 5.68. The smallest absolute Gasteiger partial charge is 0.196 e. The Hall–Kier alpha value is -1.25. The van der Waals surface area contributed by atoms with E-state index in [-0.39, 0.29) is 5.56 Å². The van der Waals surface area contributed by atoms with E-state index in [4.69, 9.17) is 0 Å². The third-order valence-electron chi connectivity index (χ3n) is 1.30. The van der Waals surface area contributed by atoms with Gasteiger partial charge in [0.05, 0.1) is 5.56 Å². The summed E-state index contributed by atoms with van der Waals surface area (Å²) in [5, 5.41) is 0. The summed E-state index contributed by atoms with van der Waals surface area (Å²) in [5.41, 5.74) is -0.185. The molecule has 0 aliphatic heterocycles. The van der Waals surface area contributed by atoms with Gasteiger partial charge in [-0.05, 0) is 12.1 Å². The standard InChI is InChI=1S/C8H6F2O/c9-5-8(11)6-3-1-2-4-7(6)10/h1-4H,5H2. The first kappa shape index (κ1) is 7.85. The summed E-state index contributed by atoms with van der Waals surface area (Å²) in [6.07, 6.45) is 0. The summed E-state index contributed by atoms with van der Waals surface area (Å²) in [4.78, 5) is 10.6. The molecule has 11 heavy (non-hydrogen) atoms. The SMILES string of the molecule is O=C(CF)c1ccccc1F. The first-order chi connectivity index (χ1) is 5.25.